The first-order valence-electron chi connectivity index (χ1n) is 7.86. The van der Waals surface area contributed by atoms with Gasteiger partial charge in [0, 0.05) is 36.6 Å². The molecule has 21 heavy (non-hydrogen) atoms. The second kappa shape index (κ2) is 5.39. The lowest BCUT2D eigenvalue weighted by atomic mass is 9.90. The highest BCUT2D eigenvalue weighted by Crippen LogP contribution is 2.32. The Morgan fingerprint density at radius 3 is 2.67 bits per heavy atom. The summed E-state index contributed by atoms with van der Waals surface area (Å²) in [4.78, 5) is 7.27. The van der Waals surface area contributed by atoms with Crippen molar-refractivity contribution in [1.82, 2.24) is 9.88 Å². The van der Waals surface area contributed by atoms with Crippen molar-refractivity contribution in [3.05, 3.63) is 40.6 Å². The Morgan fingerprint density at radius 1 is 1.24 bits per heavy atom. The molecular formula is C18H25N3. The molecule has 112 valence electrons. The zero-order valence-corrected chi connectivity index (χ0v) is 13.5. The van der Waals surface area contributed by atoms with Crippen LogP contribution in [0.5, 0.6) is 0 Å². The molecule has 1 atom stereocenters. The summed E-state index contributed by atoms with van der Waals surface area (Å²) in [5.74, 6) is 0.522. The lowest BCUT2D eigenvalue weighted by Gasteiger charge is -2.28. The summed E-state index contributed by atoms with van der Waals surface area (Å²) in [7, 11) is 2.17. The van der Waals surface area contributed by atoms with Crippen molar-refractivity contribution in [2.45, 2.75) is 45.7 Å². The lowest BCUT2D eigenvalue weighted by Crippen LogP contribution is -2.29. The Morgan fingerprint density at radius 2 is 2.00 bits per heavy atom. The van der Waals surface area contributed by atoms with E-state index in [0.29, 0.717) is 5.92 Å². The summed E-state index contributed by atoms with van der Waals surface area (Å²) >= 11 is 0. The van der Waals surface area contributed by atoms with Gasteiger partial charge in [0.05, 0.1) is 5.52 Å². The molecule has 1 aromatic heterocycles. The average Bonchev–Trinajstić information content (AvgIpc) is 2.43. The van der Waals surface area contributed by atoms with Gasteiger partial charge in [0.15, 0.2) is 0 Å². The number of fused-ring (bicyclic) bond motifs is 2. The van der Waals surface area contributed by atoms with E-state index in [0.717, 1.165) is 25.0 Å². The van der Waals surface area contributed by atoms with Gasteiger partial charge in [0.2, 0.25) is 0 Å². The van der Waals surface area contributed by atoms with E-state index in [2.05, 4.69) is 50.9 Å². The fourth-order valence-corrected chi connectivity index (χ4v) is 3.31. The number of hydrogen-bond acceptors (Lipinski definition) is 3. The number of likely N-dealkylation sites (N-methyl/N-ethyl adjacent to an activating group) is 1. The van der Waals surface area contributed by atoms with Crippen molar-refractivity contribution in [2.24, 2.45) is 5.73 Å². The number of aromatic nitrogens is 1. The number of rotatable bonds is 2. The molecule has 2 aromatic rings. The number of nitrogens with two attached hydrogens (primary N) is 1. The first kappa shape index (κ1) is 14.5. The molecule has 1 aliphatic rings. The van der Waals surface area contributed by atoms with E-state index < -0.39 is 0 Å². The van der Waals surface area contributed by atoms with Crippen molar-refractivity contribution < 1.29 is 0 Å². The number of pyridine rings is 1. The van der Waals surface area contributed by atoms with Gasteiger partial charge in [-0.15, -0.1) is 0 Å². The molecule has 0 fully saturated rings. The van der Waals surface area contributed by atoms with Crippen molar-refractivity contribution in [1.29, 1.82) is 0 Å². The predicted octanol–water partition coefficient (Wildman–Crippen LogP) is 3.37. The van der Waals surface area contributed by atoms with E-state index in [1.165, 1.54) is 27.8 Å². The van der Waals surface area contributed by atoms with Gasteiger partial charge in [-0.3, -0.25) is 4.98 Å². The zero-order chi connectivity index (χ0) is 15.1. The largest absolute Gasteiger partial charge is 0.324 e. The van der Waals surface area contributed by atoms with Crippen LogP contribution in [0.2, 0.25) is 0 Å². The molecule has 3 rings (SSSR count). The molecule has 0 aliphatic carbocycles. The van der Waals surface area contributed by atoms with Crippen LogP contribution in [0.25, 0.3) is 10.9 Å². The summed E-state index contributed by atoms with van der Waals surface area (Å²) in [6, 6.07) is 6.69. The number of benzene rings is 1. The predicted molar refractivity (Wildman–Crippen MR) is 88.5 cm³/mol. The fourth-order valence-electron chi connectivity index (χ4n) is 3.31. The topological polar surface area (TPSA) is 42.1 Å². The molecule has 2 N–H and O–H groups in total. The zero-order valence-electron chi connectivity index (χ0n) is 13.5. The number of hydrogen-bond donors (Lipinski definition) is 1. The lowest BCUT2D eigenvalue weighted by molar-refractivity contribution is 0.308. The second-order valence-electron chi connectivity index (χ2n) is 6.66. The van der Waals surface area contributed by atoms with Gasteiger partial charge >= 0.3 is 0 Å². The standard InChI is InChI=1S/C18H25N3/c1-11(2)13-5-6-16-14(9-13)18(12(3)19)15-10-21(4)8-7-17(15)20-16/h5-6,9,11-12H,7-8,10,19H2,1-4H3. The van der Waals surface area contributed by atoms with Gasteiger partial charge in [-0.25, -0.2) is 0 Å². The van der Waals surface area contributed by atoms with Gasteiger partial charge < -0.3 is 10.6 Å². The maximum atomic E-state index is 6.33. The van der Waals surface area contributed by atoms with Gasteiger partial charge in [-0.1, -0.05) is 19.9 Å². The summed E-state index contributed by atoms with van der Waals surface area (Å²) in [5.41, 5.74) is 12.7. The summed E-state index contributed by atoms with van der Waals surface area (Å²) < 4.78 is 0. The monoisotopic (exact) mass is 283 g/mol. The molecule has 0 spiro atoms. The molecule has 0 amide bonds. The maximum Gasteiger partial charge on any atom is 0.0709 e. The minimum absolute atomic E-state index is 0.0400. The Labute approximate surface area is 127 Å². The summed E-state index contributed by atoms with van der Waals surface area (Å²) in [6.07, 6.45) is 1.02. The van der Waals surface area contributed by atoms with Crippen molar-refractivity contribution in [2.75, 3.05) is 13.6 Å². The average molecular weight is 283 g/mol. The highest BCUT2D eigenvalue weighted by atomic mass is 15.1. The molecule has 1 aromatic carbocycles. The third-order valence-electron chi connectivity index (χ3n) is 4.52. The molecule has 0 bridgehead atoms. The second-order valence-corrected chi connectivity index (χ2v) is 6.66. The molecular weight excluding hydrogens is 258 g/mol. The Bertz CT molecular complexity index is 674. The van der Waals surface area contributed by atoms with E-state index in [-0.39, 0.29) is 6.04 Å². The summed E-state index contributed by atoms with van der Waals surface area (Å²) in [6.45, 7) is 8.58. The smallest absolute Gasteiger partial charge is 0.0709 e. The Balaban J connectivity index is 2.30. The first-order chi connectivity index (χ1) is 9.97. The molecule has 0 saturated carbocycles. The van der Waals surface area contributed by atoms with Crippen molar-refractivity contribution in [3.63, 3.8) is 0 Å². The maximum absolute atomic E-state index is 6.33. The molecule has 1 unspecified atom stereocenters. The SMILES string of the molecule is CC(C)c1ccc2nc3c(c(C(C)N)c2c1)CN(C)CC3. The quantitative estimate of drug-likeness (QED) is 0.919. The van der Waals surface area contributed by atoms with Gasteiger partial charge in [-0.05, 0) is 48.7 Å². The van der Waals surface area contributed by atoms with E-state index in [1.54, 1.807) is 0 Å². The van der Waals surface area contributed by atoms with E-state index in [9.17, 15) is 0 Å². The van der Waals surface area contributed by atoms with Crippen LogP contribution < -0.4 is 5.73 Å². The van der Waals surface area contributed by atoms with Crippen LogP contribution in [0.15, 0.2) is 18.2 Å². The van der Waals surface area contributed by atoms with E-state index >= 15 is 0 Å². The molecule has 2 heterocycles. The van der Waals surface area contributed by atoms with E-state index in [1.807, 2.05) is 0 Å². The van der Waals surface area contributed by atoms with Crippen molar-refractivity contribution in [3.8, 4) is 0 Å². The minimum Gasteiger partial charge on any atom is -0.324 e. The van der Waals surface area contributed by atoms with Crippen LogP contribution in [0, 0.1) is 0 Å². The van der Waals surface area contributed by atoms with Crippen LogP contribution in [0.3, 0.4) is 0 Å². The summed E-state index contributed by atoms with van der Waals surface area (Å²) in [5, 5.41) is 1.24. The third-order valence-corrected chi connectivity index (χ3v) is 4.52. The molecule has 1 aliphatic heterocycles. The highest BCUT2D eigenvalue weighted by molar-refractivity contribution is 5.85. The first-order valence-corrected chi connectivity index (χ1v) is 7.86. The molecule has 3 nitrogen and oxygen atoms in total. The number of nitrogens with zero attached hydrogens (tertiary/aromatic N) is 2. The van der Waals surface area contributed by atoms with Crippen LogP contribution in [-0.4, -0.2) is 23.5 Å². The van der Waals surface area contributed by atoms with E-state index in [4.69, 9.17) is 10.7 Å². The molecule has 3 heteroatoms. The van der Waals surface area contributed by atoms with Crippen LogP contribution in [0.4, 0.5) is 0 Å². The third kappa shape index (κ3) is 2.56. The highest BCUT2D eigenvalue weighted by Gasteiger charge is 2.22. The van der Waals surface area contributed by atoms with Gasteiger partial charge in [0.1, 0.15) is 0 Å². The van der Waals surface area contributed by atoms with Gasteiger partial charge in [-0.2, -0.15) is 0 Å². The van der Waals surface area contributed by atoms with Crippen molar-refractivity contribution >= 4 is 10.9 Å². The minimum atomic E-state index is 0.0400. The fraction of sp³-hybridized carbons (Fsp3) is 0.500. The molecule has 0 radical (unpaired) electrons. The Hall–Kier alpha value is -1.45. The van der Waals surface area contributed by atoms with Crippen LogP contribution in [-0.2, 0) is 13.0 Å². The Kier molecular flexibility index (Phi) is 3.72. The van der Waals surface area contributed by atoms with Gasteiger partial charge in [0.25, 0.3) is 0 Å². The van der Waals surface area contributed by atoms with Crippen LogP contribution >= 0.6 is 0 Å². The van der Waals surface area contributed by atoms with Crippen LogP contribution in [0.1, 0.15) is 55.1 Å². The normalized spacial score (nSPS) is 17.2. The molecule has 0 saturated heterocycles.